The van der Waals surface area contributed by atoms with E-state index in [1.165, 1.54) is 18.2 Å². The minimum absolute atomic E-state index is 0.206. The largest absolute Gasteiger partial charge is 0.507 e. The Morgan fingerprint density at radius 1 is 0.857 bits per heavy atom. The Kier molecular flexibility index (Phi) is 5.27. The van der Waals surface area contributed by atoms with Crippen LogP contribution in [0.4, 0.5) is 5.69 Å². The van der Waals surface area contributed by atoms with E-state index in [1.807, 2.05) is 0 Å². The first-order valence-electron chi connectivity index (χ1n) is 6.89. The van der Waals surface area contributed by atoms with Gasteiger partial charge in [-0.05, 0) is 23.6 Å². The molecule has 0 aromatic heterocycles. The Morgan fingerprint density at radius 3 is 1.79 bits per heavy atom. The van der Waals surface area contributed by atoms with Crippen molar-refractivity contribution in [1.29, 1.82) is 15.8 Å². The molecule has 0 amide bonds. The standard InChI is InChI=1S/C15H8N4O7S2/c16-5-9(6-17)13(7-18)19-12-3-10(27(21,22)23)1-8-2-11(28(24,25)26)4-14(20)15(8)12/h1-4,19-20H,(H,21,22,23)(H,24,25,26). The van der Waals surface area contributed by atoms with Crippen molar-refractivity contribution in [3.05, 3.63) is 35.5 Å². The minimum atomic E-state index is -4.81. The quantitative estimate of drug-likeness (QED) is 0.408. The fourth-order valence-electron chi connectivity index (χ4n) is 2.25. The number of nitrogens with one attached hydrogen (secondary N) is 1. The van der Waals surface area contributed by atoms with Crippen molar-refractivity contribution >= 4 is 36.7 Å². The first-order valence-corrected chi connectivity index (χ1v) is 9.77. The van der Waals surface area contributed by atoms with Crippen molar-refractivity contribution in [2.75, 3.05) is 5.32 Å². The van der Waals surface area contributed by atoms with E-state index in [-0.39, 0.29) is 16.5 Å². The van der Waals surface area contributed by atoms with Gasteiger partial charge < -0.3 is 10.4 Å². The number of phenolic OH excluding ortho intramolecular Hbond substituents is 1. The average Bonchev–Trinajstić information content (AvgIpc) is 2.59. The Balaban J connectivity index is 2.97. The number of phenols is 1. The van der Waals surface area contributed by atoms with Gasteiger partial charge in [0.25, 0.3) is 20.2 Å². The molecule has 13 heteroatoms. The molecule has 2 aromatic carbocycles. The smallest absolute Gasteiger partial charge is 0.294 e. The van der Waals surface area contributed by atoms with E-state index >= 15 is 0 Å². The third kappa shape index (κ3) is 4.01. The zero-order valence-corrected chi connectivity index (χ0v) is 15.1. The van der Waals surface area contributed by atoms with Crippen molar-refractivity contribution in [2.45, 2.75) is 9.79 Å². The molecule has 2 aromatic rings. The summed E-state index contributed by atoms with van der Waals surface area (Å²) in [5.41, 5.74) is -1.57. The lowest BCUT2D eigenvalue weighted by molar-refractivity contribution is 0.471. The van der Waals surface area contributed by atoms with Crippen LogP contribution in [0.2, 0.25) is 0 Å². The number of nitrogens with zero attached hydrogens (tertiary/aromatic N) is 3. The Morgan fingerprint density at radius 2 is 1.36 bits per heavy atom. The number of anilines is 1. The summed E-state index contributed by atoms with van der Waals surface area (Å²) in [7, 11) is -9.58. The predicted octanol–water partition coefficient (Wildman–Crippen LogP) is 1.28. The van der Waals surface area contributed by atoms with Crippen LogP contribution in [0, 0.1) is 34.0 Å². The molecular weight excluding hydrogens is 412 g/mol. The molecule has 0 saturated heterocycles. The summed E-state index contributed by atoms with van der Waals surface area (Å²) in [6.45, 7) is 0. The molecule has 0 unspecified atom stereocenters. The Labute approximate surface area is 158 Å². The summed E-state index contributed by atoms with van der Waals surface area (Å²) in [6.07, 6.45) is 0. The van der Waals surface area contributed by atoms with Crippen molar-refractivity contribution in [1.82, 2.24) is 0 Å². The SMILES string of the molecule is N#CC(C#N)=C(C#N)Nc1cc(S(=O)(=O)O)cc2cc(S(=O)(=O)O)cc(O)c12. The van der Waals surface area contributed by atoms with Gasteiger partial charge in [0.1, 0.15) is 29.7 Å². The molecule has 0 aliphatic heterocycles. The molecule has 0 saturated carbocycles. The first kappa shape index (κ1) is 20.6. The number of nitriles is 3. The molecule has 0 spiro atoms. The highest BCUT2D eigenvalue weighted by Gasteiger charge is 2.20. The minimum Gasteiger partial charge on any atom is -0.507 e. The van der Waals surface area contributed by atoms with Gasteiger partial charge >= 0.3 is 0 Å². The summed E-state index contributed by atoms with van der Waals surface area (Å²) in [5.74, 6) is -0.734. The maximum Gasteiger partial charge on any atom is 0.294 e. The van der Waals surface area contributed by atoms with Gasteiger partial charge in [-0.25, -0.2) is 0 Å². The maximum atomic E-state index is 11.5. The Hall–Kier alpha value is -3.67. The molecule has 2 rings (SSSR count). The van der Waals surface area contributed by atoms with Crippen LogP contribution >= 0.6 is 0 Å². The number of benzene rings is 2. The zero-order valence-electron chi connectivity index (χ0n) is 13.4. The fourth-order valence-corrected chi connectivity index (χ4v) is 3.33. The van der Waals surface area contributed by atoms with Crippen LogP contribution in [0.15, 0.2) is 45.3 Å². The highest BCUT2D eigenvalue weighted by atomic mass is 32.2. The van der Waals surface area contributed by atoms with Gasteiger partial charge in [0, 0.05) is 11.5 Å². The van der Waals surface area contributed by atoms with Gasteiger partial charge in [0.15, 0.2) is 5.57 Å². The third-order valence-electron chi connectivity index (χ3n) is 3.42. The van der Waals surface area contributed by atoms with Crippen LogP contribution in [0.3, 0.4) is 0 Å². The topological polar surface area (TPSA) is 212 Å². The van der Waals surface area contributed by atoms with Crippen LogP contribution in [-0.4, -0.2) is 31.0 Å². The van der Waals surface area contributed by atoms with E-state index in [0.29, 0.717) is 6.07 Å². The number of fused-ring (bicyclic) bond motifs is 1. The fraction of sp³-hybridized carbons (Fsp3) is 0. The second kappa shape index (κ2) is 7.15. The summed E-state index contributed by atoms with van der Waals surface area (Å²) in [4.78, 5) is -1.51. The molecule has 0 fully saturated rings. The summed E-state index contributed by atoms with van der Waals surface area (Å²) >= 11 is 0. The normalized spacial score (nSPS) is 11.1. The molecule has 11 nitrogen and oxygen atoms in total. The maximum absolute atomic E-state index is 11.5. The van der Waals surface area contributed by atoms with E-state index in [0.717, 1.165) is 18.2 Å². The van der Waals surface area contributed by atoms with Crippen molar-refractivity contribution in [3.8, 4) is 24.0 Å². The second-order valence-corrected chi connectivity index (χ2v) is 8.01. The number of aromatic hydroxyl groups is 1. The molecule has 0 heterocycles. The summed E-state index contributed by atoms with van der Waals surface area (Å²) in [6, 6.07) is 7.52. The van der Waals surface area contributed by atoms with E-state index < -0.39 is 47.0 Å². The second-order valence-electron chi connectivity index (χ2n) is 5.17. The van der Waals surface area contributed by atoms with Crippen molar-refractivity contribution in [3.63, 3.8) is 0 Å². The van der Waals surface area contributed by atoms with Crippen LogP contribution in [0.25, 0.3) is 10.8 Å². The van der Waals surface area contributed by atoms with Gasteiger partial charge in [0.05, 0.1) is 15.5 Å². The molecule has 142 valence electrons. The molecular formula is C15H8N4O7S2. The van der Waals surface area contributed by atoms with Crippen LogP contribution in [-0.2, 0) is 20.2 Å². The number of hydrogen-bond acceptors (Lipinski definition) is 9. The number of rotatable bonds is 4. The van der Waals surface area contributed by atoms with E-state index in [9.17, 15) is 26.5 Å². The monoisotopic (exact) mass is 420 g/mol. The van der Waals surface area contributed by atoms with Crippen LogP contribution in [0.5, 0.6) is 5.75 Å². The lowest BCUT2D eigenvalue weighted by atomic mass is 10.1. The molecule has 0 radical (unpaired) electrons. The molecule has 0 atom stereocenters. The molecule has 0 bridgehead atoms. The summed E-state index contributed by atoms with van der Waals surface area (Å²) in [5, 5.41) is 38.9. The first-order chi connectivity index (χ1) is 12.9. The lowest BCUT2D eigenvalue weighted by Crippen LogP contribution is -2.05. The van der Waals surface area contributed by atoms with Gasteiger partial charge in [-0.2, -0.15) is 32.6 Å². The highest BCUT2D eigenvalue weighted by molar-refractivity contribution is 7.86. The van der Waals surface area contributed by atoms with Crippen LogP contribution < -0.4 is 5.32 Å². The number of hydrogen-bond donors (Lipinski definition) is 4. The van der Waals surface area contributed by atoms with Gasteiger partial charge in [0.2, 0.25) is 0 Å². The van der Waals surface area contributed by atoms with Gasteiger partial charge in [-0.15, -0.1) is 0 Å². The van der Waals surface area contributed by atoms with E-state index in [4.69, 9.17) is 20.3 Å². The predicted molar refractivity (Wildman–Crippen MR) is 92.7 cm³/mol. The highest BCUT2D eigenvalue weighted by Crippen LogP contribution is 2.37. The molecule has 0 aliphatic rings. The third-order valence-corrected chi connectivity index (χ3v) is 5.08. The van der Waals surface area contributed by atoms with Crippen LogP contribution in [0.1, 0.15) is 0 Å². The molecule has 28 heavy (non-hydrogen) atoms. The van der Waals surface area contributed by atoms with Crippen molar-refractivity contribution < 1.29 is 31.0 Å². The van der Waals surface area contributed by atoms with Crippen molar-refractivity contribution in [2.24, 2.45) is 0 Å². The van der Waals surface area contributed by atoms with Gasteiger partial charge in [-0.3, -0.25) is 9.11 Å². The summed E-state index contributed by atoms with van der Waals surface area (Å²) < 4.78 is 64.1. The zero-order chi connectivity index (χ0) is 21.3. The Bertz CT molecular complexity index is 1350. The van der Waals surface area contributed by atoms with Gasteiger partial charge in [-0.1, -0.05) is 0 Å². The lowest BCUT2D eigenvalue weighted by Gasteiger charge is -2.13. The number of allylic oxidation sites excluding steroid dienone is 2. The van der Waals surface area contributed by atoms with E-state index in [1.54, 1.807) is 0 Å². The molecule has 0 aliphatic carbocycles. The van der Waals surface area contributed by atoms with E-state index in [2.05, 4.69) is 5.32 Å². The average molecular weight is 420 g/mol. The molecule has 4 N–H and O–H groups in total.